The van der Waals surface area contributed by atoms with Crippen LogP contribution in [0.25, 0.3) is 11.1 Å². The summed E-state index contributed by atoms with van der Waals surface area (Å²) < 4.78 is 11.6. The van der Waals surface area contributed by atoms with Gasteiger partial charge in [0.05, 0.1) is 21.4 Å². The SMILES string of the molecule is CC(C)(C)OC(=O)N1CCCC1C(=O)Nc1ccc(Br)cc1Cl.CSc1ccccc1-c1ccc(NC(=O)C2CCCN2C(=O)OC(C)(C)C)c(Cl)c1. The standard InChI is InChI=1S/C23H27ClN2O3S.C16H20BrClN2O3/c1-23(2,3)29-22(28)26-13-7-9-19(26)21(27)25-18-12-11-15(14-17(18)24)16-8-5-6-10-20(16)30-4;1-16(2,3)23-15(22)20-8-4-5-13(20)14(21)19-12-7-6-10(17)9-11(12)18/h5-6,8,10-12,14,19H,7,9,13H2,1-4H3,(H,25,27);6-7,9,13H,4-5,8H2,1-3H3,(H,19,21). The van der Waals surface area contributed by atoms with Crippen LogP contribution in [0.2, 0.25) is 10.0 Å². The third kappa shape index (κ3) is 12.0. The Labute approximate surface area is 334 Å². The van der Waals surface area contributed by atoms with Crippen LogP contribution in [0.4, 0.5) is 21.0 Å². The molecule has 5 rings (SSSR count). The van der Waals surface area contributed by atoms with Gasteiger partial charge in [-0.25, -0.2) is 9.59 Å². The molecule has 2 unspecified atom stereocenters. The first-order chi connectivity index (χ1) is 24.9. The molecule has 2 fully saturated rings. The number of thioether (sulfide) groups is 1. The summed E-state index contributed by atoms with van der Waals surface area (Å²) in [5.74, 6) is -0.505. The summed E-state index contributed by atoms with van der Waals surface area (Å²) in [4.78, 5) is 54.2. The Kier molecular flexibility index (Phi) is 14.6. The van der Waals surface area contributed by atoms with Gasteiger partial charge in [0.1, 0.15) is 23.3 Å². The summed E-state index contributed by atoms with van der Waals surface area (Å²) in [7, 11) is 0. The molecule has 0 aliphatic carbocycles. The number of carbonyl (C=O) groups is 4. The summed E-state index contributed by atoms with van der Waals surface area (Å²) >= 11 is 17.6. The number of nitrogens with zero attached hydrogens (tertiary/aromatic N) is 2. The van der Waals surface area contributed by atoms with Crippen LogP contribution in [0.15, 0.2) is 70.0 Å². The van der Waals surface area contributed by atoms with E-state index in [0.29, 0.717) is 47.4 Å². The van der Waals surface area contributed by atoms with Crippen LogP contribution in [0, 0.1) is 0 Å². The zero-order valence-corrected chi connectivity index (χ0v) is 35.0. The van der Waals surface area contributed by atoms with E-state index in [0.717, 1.165) is 33.3 Å². The molecule has 2 aliphatic heterocycles. The molecule has 2 heterocycles. The predicted molar refractivity (Wildman–Crippen MR) is 217 cm³/mol. The fourth-order valence-corrected chi connectivity index (χ4v) is 7.42. The van der Waals surface area contributed by atoms with Crippen LogP contribution < -0.4 is 10.6 Å². The van der Waals surface area contributed by atoms with Crippen molar-refractivity contribution in [2.24, 2.45) is 0 Å². The molecule has 3 aromatic carbocycles. The molecule has 53 heavy (non-hydrogen) atoms. The maximum Gasteiger partial charge on any atom is 0.410 e. The molecule has 0 aromatic heterocycles. The van der Waals surface area contributed by atoms with Gasteiger partial charge in [0, 0.05) is 22.5 Å². The van der Waals surface area contributed by atoms with Crippen molar-refractivity contribution in [3.63, 3.8) is 0 Å². The average molecular weight is 851 g/mol. The number of ether oxygens (including phenoxy) is 2. The first-order valence-electron chi connectivity index (χ1n) is 17.4. The summed E-state index contributed by atoms with van der Waals surface area (Å²) in [6, 6.07) is 17.8. The van der Waals surface area contributed by atoms with E-state index in [1.807, 2.05) is 57.4 Å². The second kappa shape index (κ2) is 18.3. The number of rotatable bonds is 6. The first-order valence-corrected chi connectivity index (χ1v) is 20.1. The molecule has 0 spiro atoms. The molecule has 0 saturated carbocycles. The largest absolute Gasteiger partial charge is 0.444 e. The molecule has 286 valence electrons. The molecule has 2 N–H and O–H groups in total. The van der Waals surface area contributed by atoms with E-state index >= 15 is 0 Å². The van der Waals surface area contributed by atoms with Gasteiger partial charge < -0.3 is 20.1 Å². The van der Waals surface area contributed by atoms with Gasteiger partial charge in [-0.15, -0.1) is 11.8 Å². The lowest BCUT2D eigenvalue weighted by atomic mass is 10.1. The van der Waals surface area contributed by atoms with E-state index in [1.54, 1.807) is 56.8 Å². The molecule has 2 saturated heterocycles. The third-order valence-corrected chi connectivity index (χ3v) is 10.1. The van der Waals surface area contributed by atoms with Gasteiger partial charge in [0.25, 0.3) is 0 Å². The minimum absolute atomic E-state index is 0.252. The lowest BCUT2D eigenvalue weighted by molar-refractivity contribution is -0.121. The normalized spacial score (nSPS) is 17.1. The highest BCUT2D eigenvalue weighted by molar-refractivity contribution is 9.10. The second-order valence-corrected chi connectivity index (χ2v) is 17.2. The van der Waals surface area contributed by atoms with Gasteiger partial charge >= 0.3 is 12.2 Å². The lowest BCUT2D eigenvalue weighted by Crippen LogP contribution is -2.45. The fraction of sp³-hybridized carbons (Fsp3) is 0.436. The van der Waals surface area contributed by atoms with Crippen LogP contribution in [0.5, 0.6) is 0 Å². The predicted octanol–water partition coefficient (Wildman–Crippen LogP) is 10.5. The molecule has 2 atom stereocenters. The molecule has 0 bridgehead atoms. The average Bonchev–Trinajstić information content (AvgIpc) is 3.77. The Hall–Kier alpha value is -3.45. The number of carbonyl (C=O) groups excluding carboxylic acids is 4. The van der Waals surface area contributed by atoms with Crippen molar-refractivity contribution in [3.8, 4) is 11.1 Å². The van der Waals surface area contributed by atoms with Crippen LogP contribution in [-0.4, -0.2) is 76.4 Å². The molecule has 10 nitrogen and oxygen atoms in total. The molecule has 3 aromatic rings. The second-order valence-electron chi connectivity index (χ2n) is 14.7. The zero-order chi connectivity index (χ0) is 39.1. The van der Waals surface area contributed by atoms with Crippen LogP contribution in [-0.2, 0) is 19.1 Å². The fourth-order valence-electron chi connectivity index (χ4n) is 5.85. The highest BCUT2D eigenvalue weighted by atomic mass is 79.9. The Balaban J connectivity index is 0.000000245. The Bertz CT molecular complexity index is 1820. The smallest absolute Gasteiger partial charge is 0.410 e. The molecule has 2 aliphatic rings. The number of anilines is 2. The maximum atomic E-state index is 12.9. The van der Waals surface area contributed by atoms with E-state index in [9.17, 15) is 19.2 Å². The molecule has 0 radical (unpaired) electrons. The number of likely N-dealkylation sites (tertiary alicyclic amines) is 2. The Morgan fingerprint density at radius 1 is 0.736 bits per heavy atom. The molecular formula is C39H47BrCl2N4O6S. The molecule has 4 amide bonds. The Morgan fingerprint density at radius 3 is 1.66 bits per heavy atom. The monoisotopic (exact) mass is 848 g/mol. The van der Waals surface area contributed by atoms with Gasteiger partial charge in [0.15, 0.2) is 0 Å². The van der Waals surface area contributed by atoms with Crippen molar-refractivity contribution < 1.29 is 28.7 Å². The number of halogens is 3. The molecule has 14 heteroatoms. The summed E-state index contributed by atoms with van der Waals surface area (Å²) in [6.45, 7) is 11.9. The van der Waals surface area contributed by atoms with E-state index in [4.69, 9.17) is 32.7 Å². The van der Waals surface area contributed by atoms with Gasteiger partial charge in [-0.2, -0.15) is 0 Å². The van der Waals surface area contributed by atoms with E-state index < -0.39 is 35.5 Å². The van der Waals surface area contributed by atoms with Gasteiger partial charge in [-0.1, -0.05) is 63.4 Å². The van der Waals surface area contributed by atoms with Crippen LogP contribution in [0.1, 0.15) is 67.2 Å². The summed E-state index contributed by atoms with van der Waals surface area (Å²) in [5.41, 5.74) is 1.94. The number of hydrogen-bond donors (Lipinski definition) is 2. The number of nitrogens with one attached hydrogen (secondary N) is 2. The van der Waals surface area contributed by atoms with Crippen molar-refractivity contribution in [1.82, 2.24) is 9.80 Å². The van der Waals surface area contributed by atoms with Crippen molar-refractivity contribution in [2.75, 3.05) is 30.0 Å². The summed E-state index contributed by atoms with van der Waals surface area (Å²) in [5, 5.41) is 6.56. The lowest BCUT2D eigenvalue weighted by Gasteiger charge is -2.28. The minimum atomic E-state index is -0.604. The van der Waals surface area contributed by atoms with Crippen LogP contribution in [0.3, 0.4) is 0 Å². The Morgan fingerprint density at radius 2 is 1.21 bits per heavy atom. The number of hydrogen-bond acceptors (Lipinski definition) is 7. The highest BCUT2D eigenvalue weighted by Gasteiger charge is 2.38. The van der Waals surface area contributed by atoms with Gasteiger partial charge in [0.2, 0.25) is 11.8 Å². The van der Waals surface area contributed by atoms with Gasteiger partial charge in [-0.05, 0) is 121 Å². The van der Waals surface area contributed by atoms with Crippen molar-refractivity contribution in [3.05, 3.63) is 75.2 Å². The summed E-state index contributed by atoms with van der Waals surface area (Å²) in [6.07, 6.45) is 3.85. The van der Waals surface area contributed by atoms with Crippen LogP contribution >= 0.6 is 50.9 Å². The first kappa shape index (κ1) is 42.3. The maximum absolute atomic E-state index is 12.9. The molecular weight excluding hydrogens is 803 g/mol. The zero-order valence-electron chi connectivity index (χ0n) is 31.1. The minimum Gasteiger partial charge on any atom is -0.444 e. The van der Waals surface area contributed by atoms with E-state index in [1.165, 1.54) is 9.80 Å². The number of amides is 4. The van der Waals surface area contributed by atoms with E-state index in [-0.39, 0.29) is 11.8 Å². The van der Waals surface area contributed by atoms with Crippen molar-refractivity contribution in [1.29, 1.82) is 0 Å². The van der Waals surface area contributed by atoms with Crippen molar-refractivity contribution >= 4 is 86.3 Å². The third-order valence-electron chi connectivity index (χ3n) is 8.20. The van der Waals surface area contributed by atoms with Crippen molar-refractivity contribution in [2.45, 2.75) is 95.4 Å². The quantitative estimate of drug-likeness (QED) is 0.237. The topological polar surface area (TPSA) is 117 Å². The van der Waals surface area contributed by atoms with E-state index in [2.05, 4.69) is 32.6 Å². The van der Waals surface area contributed by atoms with Gasteiger partial charge in [-0.3, -0.25) is 19.4 Å². The highest BCUT2D eigenvalue weighted by Crippen LogP contribution is 2.35. The number of benzene rings is 3.